The molecule has 0 saturated heterocycles. The largest absolute Gasteiger partial charge is 1.00 e. The second-order valence-corrected chi connectivity index (χ2v) is 2.76. The molecule has 0 radical (unpaired) electrons. The van der Waals surface area contributed by atoms with Gasteiger partial charge in [-0.1, -0.05) is 0 Å². The normalized spacial score (nSPS) is 6.22. The van der Waals surface area contributed by atoms with Gasteiger partial charge in [-0.15, -0.1) is 0 Å². The fourth-order valence-corrected chi connectivity index (χ4v) is 0.354. The molecule has 0 spiro atoms. The third-order valence-corrected chi connectivity index (χ3v) is 0.866. The van der Waals surface area contributed by atoms with Gasteiger partial charge in [0, 0.05) is 55.1 Å². The Balaban J connectivity index is -0.0000000231. The number of carboxylic acid groups (broad SMARTS) is 6. The first-order chi connectivity index (χ1) is 9.38. The Kier molecular flexibility index (Phi) is 77.7. The van der Waals surface area contributed by atoms with Crippen molar-refractivity contribution >= 4 is 35.8 Å². The second kappa shape index (κ2) is 37.2. The number of aliphatic carboxylic acids is 6. The van der Waals surface area contributed by atoms with Crippen molar-refractivity contribution < 1.29 is 173 Å². The number of carbonyl (C=O) groups excluding carboxylic acids is 6. The van der Waals surface area contributed by atoms with Crippen LogP contribution in [-0.4, -0.2) is 35.8 Å². The van der Waals surface area contributed by atoms with E-state index in [1.807, 2.05) is 0 Å². The van der Waals surface area contributed by atoms with Crippen LogP contribution in [0.5, 0.6) is 0 Å². The predicted molar refractivity (Wildman–Crippen MR) is 43.9 cm³/mol. The van der Waals surface area contributed by atoms with E-state index in [9.17, 15) is 59.4 Å². The number of hydrogen-bond acceptors (Lipinski definition) is 12. The van der Waals surface area contributed by atoms with Crippen molar-refractivity contribution in [2.75, 3.05) is 0 Å². The SMILES string of the molecule is O=C([O-])CC(=O)[O-].O=C([O-])CC(=O)[O-].O=C([O-])CC(=O)[O-].[Li+].[Li+].[Li+].[Li+].[Li+].[Li+]. The molecule has 120 valence electrons. The van der Waals surface area contributed by atoms with Gasteiger partial charge in [-0.05, 0) is 0 Å². The van der Waals surface area contributed by atoms with Gasteiger partial charge in [-0.3, -0.25) is 0 Å². The van der Waals surface area contributed by atoms with E-state index in [2.05, 4.69) is 0 Å². The van der Waals surface area contributed by atoms with E-state index in [1.54, 1.807) is 0 Å². The Bertz CT molecular complexity index is 332. The van der Waals surface area contributed by atoms with Crippen molar-refractivity contribution in [3.05, 3.63) is 0 Å². The summed E-state index contributed by atoms with van der Waals surface area (Å²) in [5, 5.41) is 55.7. The van der Waals surface area contributed by atoms with Crippen LogP contribution in [0.1, 0.15) is 19.3 Å². The Labute approximate surface area is 225 Å². The van der Waals surface area contributed by atoms with Crippen LogP contribution in [0.2, 0.25) is 0 Å². The van der Waals surface area contributed by atoms with Crippen molar-refractivity contribution in [2.24, 2.45) is 0 Å². The summed E-state index contributed by atoms with van der Waals surface area (Å²) < 4.78 is 0. The maximum Gasteiger partial charge on any atom is 1.00 e. The minimum atomic E-state index is -1.63. The molecule has 0 aliphatic carbocycles. The number of rotatable bonds is 6. The Morgan fingerprint density at radius 1 is 0.333 bits per heavy atom. The number of carbonyl (C=O) groups is 6. The zero-order valence-electron chi connectivity index (χ0n) is 16.0. The van der Waals surface area contributed by atoms with Crippen LogP contribution >= 0.6 is 0 Å². The molecule has 0 rings (SSSR count). The fourth-order valence-electron chi connectivity index (χ4n) is 0.354. The van der Waals surface area contributed by atoms with E-state index >= 15 is 0 Å². The first-order valence-electron chi connectivity index (χ1n) is 4.57. The van der Waals surface area contributed by atoms with E-state index in [0.29, 0.717) is 0 Å². The molecule has 0 heterocycles. The zero-order chi connectivity index (χ0) is 17.6. The molecule has 0 amide bonds. The zero-order valence-corrected chi connectivity index (χ0v) is 16.0. The van der Waals surface area contributed by atoms with E-state index < -0.39 is 55.1 Å². The Morgan fingerprint density at radius 3 is 0.407 bits per heavy atom. The molecular formula is C9H6Li6O12. The molecule has 0 aliphatic heterocycles. The van der Waals surface area contributed by atoms with Gasteiger partial charge >= 0.3 is 113 Å². The minimum absolute atomic E-state index is 0. The average molecular weight is 348 g/mol. The van der Waals surface area contributed by atoms with E-state index in [-0.39, 0.29) is 113 Å². The summed E-state index contributed by atoms with van der Waals surface area (Å²) in [7, 11) is 0. The van der Waals surface area contributed by atoms with Crippen molar-refractivity contribution in [1.29, 1.82) is 0 Å². The van der Waals surface area contributed by atoms with E-state index in [0.717, 1.165) is 0 Å². The summed E-state index contributed by atoms with van der Waals surface area (Å²) in [6, 6.07) is 0. The number of carboxylic acids is 6. The fraction of sp³-hybridized carbons (Fsp3) is 0.333. The van der Waals surface area contributed by atoms with Crippen molar-refractivity contribution in [3.8, 4) is 0 Å². The maximum atomic E-state index is 9.28. The monoisotopic (exact) mass is 348 g/mol. The van der Waals surface area contributed by atoms with E-state index in [4.69, 9.17) is 0 Å². The maximum absolute atomic E-state index is 9.28. The van der Waals surface area contributed by atoms with Crippen LogP contribution in [0.15, 0.2) is 0 Å². The second-order valence-electron chi connectivity index (χ2n) is 2.76. The molecule has 0 aromatic heterocycles. The molecule has 12 nitrogen and oxygen atoms in total. The Hall–Kier alpha value is 0.404. The van der Waals surface area contributed by atoms with Crippen LogP contribution in [0.3, 0.4) is 0 Å². The van der Waals surface area contributed by atoms with Gasteiger partial charge < -0.3 is 59.4 Å². The van der Waals surface area contributed by atoms with Crippen molar-refractivity contribution in [3.63, 3.8) is 0 Å². The minimum Gasteiger partial charge on any atom is -0.550 e. The van der Waals surface area contributed by atoms with Gasteiger partial charge in [0.25, 0.3) is 0 Å². The van der Waals surface area contributed by atoms with Crippen molar-refractivity contribution in [1.82, 2.24) is 0 Å². The smallest absolute Gasteiger partial charge is 0.550 e. The van der Waals surface area contributed by atoms with Gasteiger partial charge in [0.15, 0.2) is 0 Å². The first-order valence-corrected chi connectivity index (χ1v) is 4.57. The van der Waals surface area contributed by atoms with Crippen LogP contribution in [0, 0.1) is 0 Å². The molecule has 0 saturated carbocycles. The summed E-state index contributed by atoms with van der Waals surface area (Å²) in [4.78, 5) is 55.7. The first kappa shape index (κ1) is 56.4. The summed E-state index contributed by atoms with van der Waals surface area (Å²) in [6.45, 7) is 0. The molecule has 27 heavy (non-hydrogen) atoms. The van der Waals surface area contributed by atoms with Gasteiger partial charge in [0.2, 0.25) is 0 Å². The van der Waals surface area contributed by atoms with Crippen LogP contribution < -0.4 is 144 Å². The topological polar surface area (TPSA) is 241 Å². The van der Waals surface area contributed by atoms with Crippen molar-refractivity contribution in [2.45, 2.75) is 19.3 Å². The summed E-state index contributed by atoms with van der Waals surface area (Å²) >= 11 is 0. The predicted octanol–water partition coefficient (Wildman–Crippen LogP) is -27.3. The molecule has 0 fully saturated rings. The summed E-state index contributed by atoms with van der Waals surface area (Å²) in [6.07, 6.45) is -3.08. The molecule has 0 aromatic carbocycles. The molecule has 0 N–H and O–H groups in total. The molecule has 0 bridgehead atoms. The molecule has 0 aliphatic rings. The molecule has 0 aromatic rings. The molecule has 0 unspecified atom stereocenters. The molecule has 18 heteroatoms. The third kappa shape index (κ3) is 102. The summed E-state index contributed by atoms with van der Waals surface area (Å²) in [5.74, 6) is -9.75. The van der Waals surface area contributed by atoms with Crippen LogP contribution in [-0.2, 0) is 28.8 Å². The average Bonchev–Trinajstić information content (AvgIpc) is 2.10. The number of hydrogen-bond donors (Lipinski definition) is 0. The van der Waals surface area contributed by atoms with E-state index in [1.165, 1.54) is 0 Å². The van der Waals surface area contributed by atoms with Gasteiger partial charge in [0.1, 0.15) is 0 Å². The molecular weight excluding hydrogens is 342 g/mol. The van der Waals surface area contributed by atoms with Gasteiger partial charge in [0.05, 0.1) is 0 Å². The third-order valence-electron chi connectivity index (χ3n) is 0.866. The standard InChI is InChI=1S/3C3H4O4.6Li/c3*4-2(5)1-3(6)7;;;;;;/h3*1H2,(H,4,5)(H,6,7);;;;;;/q;;;6*+1/p-6. The quantitative estimate of drug-likeness (QED) is 0.321. The summed E-state index contributed by atoms with van der Waals surface area (Å²) in [5.41, 5.74) is 0. The van der Waals surface area contributed by atoms with Gasteiger partial charge in [-0.25, -0.2) is 0 Å². The van der Waals surface area contributed by atoms with Crippen LogP contribution in [0.25, 0.3) is 0 Å². The Morgan fingerprint density at radius 2 is 0.407 bits per heavy atom. The van der Waals surface area contributed by atoms with Crippen LogP contribution in [0.4, 0.5) is 0 Å². The molecule has 0 atom stereocenters. The van der Waals surface area contributed by atoms with Gasteiger partial charge in [-0.2, -0.15) is 0 Å².